The van der Waals surface area contributed by atoms with Gasteiger partial charge in [-0.05, 0) is 56.4 Å². The van der Waals surface area contributed by atoms with Gasteiger partial charge < -0.3 is 10.6 Å². The smallest absolute Gasteiger partial charge is 0.239 e. The number of piperidine rings is 1. The number of anilines is 1. The highest BCUT2D eigenvalue weighted by Crippen LogP contribution is 2.22. The molecule has 0 atom stereocenters. The summed E-state index contributed by atoms with van der Waals surface area (Å²) in [5.74, 6) is 0.700. The molecule has 114 valence electrons. The summed E-state index contributed by atoms with van der Waals surface area (Å²) in [5, 5.41) is 17.6. The fraction of sp³-hybridized carbons (Fsp3) is 0.600. The van der Waals surface area contributed by atoms with Crippen molar-refractivity contribution in [2.75, 3.05) is 38.0 Å². The monoisotopic (exact) mass is 306 g/mol. The number of nitriles is 1. The molecule has 1 aromatic heterocycles. The van der Waals surface area contributed by atoms with Gasteiger partial charge in [-0.15, -0.1) is 11.3 Å². The average Bonchev–Trinajstić information content (AvgIpc) is 2.93. The van der Waals surface area contributed by atoms with Crippen LogP contribution in [0.2, 0.25) is 0 Å². The molecule has 0 unspecified atom stereocenters. The van der Waals surface area contributed by atoms with Gasteiger partial charge in [0.15, 0.2) is 0 Å². The van der Waals surface area contributed by atoms with E-state index in [4.69, 9.17) is 5.26 Å². The van der Waals surface area contributed by atoms with Gasteiger partial charge in [0, 0.05) is 0 Å². The number of thiophene rings is 1. The van der Waals surface area contributed by atoms with Crippen molar-refractivity contribution < 1.29 is 4.79 Å². The first-order chi connectivity index (χ1) is 10.2. The second-order valence-corrected chi connectivity index (χ2v) is 6.27. The Kier molecular flexibility index (Phi) is 6.18. The maximum absolute atomic E-state index is 12.0. The van der Waals surface area contributed by atoms with Crippen molar-refractivity contribution in [3.63, 3.8) is 0 Å². The van der Waals surface area contributed by atoms with Crippen LogP contribution in [0.1, 0.15) is 25.3 Å². The third kappa shape index (κ3) is 4.81. The number of carbonyl (C=O) groups is 1. The second kappa shape index (κ2) is 8.13. The van der Waals surface area contributed by atoms with Crippen LogP contribution in [0.15, 0.2) is 11.4 Å². The molecule has 0 aromatic carbocycles. The number of hydrogen-bond acceptors (Lipinski definition) is 5. The molecule has 1 amide bonds. The minimum Gasteiger partial charge on any atom is -0.317 e. The highest BCUT2D eigenvalue weighted by molar-refractivity contribution is 7.14. The number of hydrogen-bond donors (Lipinski definition) is 2. The van der Waals surface area contributed by atoms with Crippen LogP contribution < -0.4 is 10.6 Å². The van der Waals surface area contributed by atoms with E-state index in [1.54, 1.807) is 6.07 Å². The molecule has 6 heteroatoms. The second-order valence-electron chi connectivity index (χ2n) is 5.35. The van der Waals surface area contributed by atoms with E-state index in [2.05, 4.69) is 28.5 Å². The van der Waals surface area contributed by atoms with Crippen molar-refractivity contribution in [1.82, 2.24) is 10.2 Å². The molecule has 1 saturated heterocycles. The maximum atomic E-state index is 12.0. The van der Waals surface area contributed by atoms with Crippen molar-refractivity contribution in [3.05, 3.63) is 17.0 Å². The van der Waals surface area contributed by atoms with Crippen LogP contribution in [0.4, 0.5) is 5.00 Å². The number of nitrogens with zero attached hydrogens (tertiary/aromatic N) is 2. The van der Waals surface area contributed by atoms with Crippen molar-refractivity contribution in [3.8, 4) is 6.07 Å². The summed E-state index contributed by atoms with van der Waals surface area (Å²) in [6, 6.07) is 3.81. The lowest BCUT2D eigenvalue weighted by Gasteiger charge is -2.31. The topological polar surface area (TPSA) is 68.2 Å². The SMILES string of the molecule is CCNCC1CCN(CC(=O)Nc2sccc2C#N)CC1. The van der Waals surface area contributed by atoms with Gasteiger partial charge in [-0.25, -0.2) is 0 Å². The third-order valence-electron chi connectivity index (χ3n) is 3.80. The Hall–Kier alpha value is -1.42. The molecule has 5 nitrogen and oxygen atoms in total. The highest BCUT2D eigenvalue weighted by atomic mass is 32.1. The summed E-state index contributed by atoms with van der Waals surface area (Å²) in [5.41, 5.74) is 0.540. The Balaban J connectivity index is 1.73. The van der Waals surface area contributed by atoms with E-state index in [1.165, 1.54) is 11.3 Å². The minimum atomic E-state index is -0.0286. The van der Waals surface area contributed by atoms with Gasteiger partial charge in [0.2, 0.25) is 5.91 Å². The standard InChI is InChI=1S/C15H22N4OS/c1-2-17-10-12-3-6-19(7-4-12)11-14(20)18-15-13(9-16)5-8-21-15/h5,8,12,17H,2-4,6-7,10-11H2,1H3,(H,18,20). The van der Waals surface area contributed by atoms with E-state index in [0.717, 1.165) is 44.9 Å². The van der Waals surface area contributed by atoms with E-state index in [0.29, 0.717) is 17.1 Å². The lowest BCUT2D eigenvalue weighted by atomic mass is 9.97. The van der Waals surface area contributed by atoms with Crippen LogP contribution in [-0.2, 0) is 4.79 Å². The lowest BCUT2D eigenvalue weighted by Crippen LogP contribution is -2.41. The van der Waals surface area contributed by atoms with Crippen LogP contribution >= 0.6 is 11.3 Å². The lowest BCUT2D eigenvalue weighted by molar-refractivity contribution is -0.117. The number of nitrogens with one attached hydrogen (secondary N) is 2. The van der Waals surface area contributed by atoms with E-state index < -0.39 is 0 Å². The Bertz CT molecular complexity index is 500. The average molecular weight is 306 g/mol. The van der Waals surface area contributed by atoms with E-state index in [1.807, 2.05) is 5.38 Å². The predicted molar refractivity (Wildman–Crippen MR) is 85.4 cm³/mol. The predicted octanol–water partition coefficient (Wildman–Crippen LogP) is 1.88. The molecule has 2 rings (SSSR count). The fourth-order valence-corrected chi connectivity index (χ4v) is 3.31. The van der Waals surface area contributed by atoms with Crippen molar-refractivity contribution in [1.29, 1.82) is 5.26 Å². The first-order valence-electron chi connectivity index (χ1n) is 7.43. The molecule has 0 bridgehead atoms. The number of rotatable bonds is 6. The summed E-state index contributed by atoms with van der Waals surface area (Å²) in [7, 11) is 0. The van der Waals surface area contributed by atoms with Gasteiger partial charge in [-0.1, -0.05) is 6.92 Å². The first-order valence-corrected chi connectivity index (χ1v) is 8.31. The van der Waals surface area contributed by atoms with E-state index in [-0.39, 0.29) is 5.91 Å². The largest absolute Gasteiger partial charge is 0.317 e. The zero-order chi connectivity index (χ0) is 15.1. The van der Waals surface area contributed by atoms with Crippen LogP contribution in [0.3, 0.4) is 0 Å². The number of carbonyl (C=O) groups excluding carboxylic acids is 1. The van der Waals surface area contributed by atoms with Crippen molar-refractivity contribution in [2.24, 2.45) is 5.92 Å². The summed E-state index contributed by atoms with van der Waals surface area (Å²) in [6.07, 6.45) is 2.28. The Labute approximate surface area is 129 Å². The fourth-order valence-electron chi connectivity index (χ4n) is 2.56. The summed E-state index contributed by atoms with van der Waals surface area (Å²) in [6.45, 7) is 6.58. The number of amides is 1. The van der Waals surface area contributed by atoms with Gasteiger partial charge in [0.05, 0.1) is 12.1 Å². The Morgan fingerprint density at radius 2 is 2.29 bits per heavy atom. The van der Waals surface area contributed by atoms with Gasteiger partial charge in [-0.3, -0.25) is 9.69 Å². The maximum Gasteiger partial charge on any atom is 0.239 e. The molecule has 0 radical (unpaired) electrons. The van der Waals surface area contributed by atoms with Crippen LogP contribution in [0.25, 0.3) is 0 Å². The number of likely N-dealkylation sites (tertiary alicyclic amines) is 1. The highest BCUT2D eigenvalue weighted by Gasteiger charge is 2.20. The molecule has 1 aliphatic rings. The zero-order valence-corrected chi connectivity index (χ0v) is 13.2. The third-order valence-corrected chi connectivity index (χ3v) is 4.63. The van der Waals surface area contributed by atoms with Crippen LogP contribution in [-0.4, -0.2) is 43.5 Å². The molecule has 1 aliphatic heterocycles. The molecule has 1 aromatic rings. The Morgan fingerprint density at radius 3 is 2.95 bits per heavy atom. The zero-order valence-electron chi connectivity index (χ0n) is 12.4. The van der Waals surface area contributed by atoms with Gasteiger partial charge in [-0.2, -0.15) is 5.26 Å². The van der Waals surface area contributed by atoms with E-state index in [9.17, 15) is 4.79 Å². The van der Waals surface area contributed by atoms with Crippen molar-refractivity contribution >= 4 is 22.2 Å². The normalized spacial score (nSPS) is 16.6. The molecule has 0 spiro atoms. The van der Waals surface area contributed by atoms with Gasteiger partial charge >= 0.3 is 0 Å². The molecule has 0 saturated carbocycles. The quantitative estimate of drug-likeness (QED) is 0.842. The first kappa shape index (κ1) is 16.0. The molecule has 0 aliphatic carbocycles. The van der Waals surface area contributed by atoms with E-state index >= 15 is 0 Å². The van der Waals surface area contributed by atoms with Gasteiger partial charge in [0.25, 0.3) is 0 Å². The van der Waals surface area contributed by atoms with Gasteiger partial charge in [0.1, 0.15) is 11.1 Å². The summed E-state index contributed by atoms with van der Waals surface area (Å²) < 4.78 is 0. The molecule has 2 N–H and O–H groups in total. The minimum absolute atomic E-state index is 0.0286. The summed E-state index contributed by atoms with van der Waals surface area (Å²) >= 11 is 1.39. The van der Waals surface area contributed by atoms with Crippen molar-refractivity contribution in [2.45, 2.75) is 19.8 Å². The molecule has 1 fully saturated rings. The molecule has 2 heterocycles. The molecule has 21 heavy (non-hydrogen) atoms. The molecular formula is C15H22N4OS. The van der Waals surface area contributed by atoms with Crippen LogP contribution in [0.5, 0.6) is 0 Å². The van der Waals surface area contributed by atoms with Crippen LogP contribution in [0, 0.1) is 17.2 Å². The Morgan fingerprint density at radius 1 is 1.52 bits per heavy atom. The summed E-state index contributed by atoms with van der Waals surface area (Å²) in [4.78, 5) is 14.2. The molecular weight excluding hydrogens is 284 g/mol.